The SMILES string of the molecule is O=c1ccncn1COCC1CC1. The summed E-state index contributed by atoms with van der Waals surface area (Å²) in [5.74, 6) is 0.729. The lowest BCUT2D eigenvalue weighted by Gasteiger charge is -2.04. The first-order valence-electron chi connectivity index (χ1n) is 4.44. The Morgan fingerprint density at radius 3 is 3.15 bits per heavy atom. The van der Waals surface area contributed by atoms with E-state index in [2.05, 4.69) is 4.98 Å². The summed E-state index contributed by atoms with van der Waals surface area (Å²) in [6, 6.07) is 1.43. The molecule has 1 aliphatic rings. The van der Waals surface area contributed by atoms with Crippen molar-refractivity contribution in [3.05, 3.63) is 28.9 Å². The maximum absolute atomic E-state index is 11.2. The molecule has 1 aromatic rings. The normalized spacial score (nSPS) is 16.0. The van der Waals surface area contributed by atoms with E-state index in [1.165, 1.54) is 36.0 Å². The minimum Gasteiger partial charge on any atom is -0.360 e. The van der Waals surface area contributed by atoms with E-state index in [0.29, 0.717) is 6.73 Å². The van der Waals surface area contributed by atoms with Crippen molar-refractivity contribution in [2.45, 2.75) is 19.6 Å². The van der Waals surface area contributed by atoms with Crippen molar-refractivity contribution in [2.75, 3.05) is 6.61 Å². The molecule has 0 bridgehead atoms. The Bertz CT molecular complexity index is 330. The Labute approximate surface area is 76.2 Å². The summed E-state index contributed by atoms with van der Waals surface area (Å²) in [6.45, 7) is 1.09. The van der Waals surface area contributed by atoms with Crippen LogP contribution in [0.25, 0.3) is 0 Å². The van der Waals surface area contributed by atoms with Crippen molar-refractivity contribution < 1.29 is 4.74 Å². The second kappa shape index (κ2) is 3.70. The molecule has 0 unspecified atom stereocenters. The van der Waals surface area contributed by atoms with Gasteiger partial charge in [0, 0.05) is 12.3 Å². The molecule has 0 aromatic carbocycles. The van der Waals surface area contributed by atoms with E-state index in [1.807, 2.05) is 0 Å². The lowest BCUT2D eigenvalue weighted by atomic mass is 10.5. The van der Waals surface area contributed by atoms with Crippen LogP contribution in [0.5, 0.6) is 0 Å². The van der Waals surface area contributed by atoms with Gasteiger partial charge in [-0.3, -0.25) is 9.36 Å². The van der Waals surface area contributed by atoms with Crippen LogP contribution < -0.4 is 5.56 Å². The van der Waals surface area contributed by atoms with Crippen molar-refractivity contribution in [1.82, 2.24) is 9.55 Å². The molecule has 0 spiro atoms. The third-order valence-corrected chi connectivity index (χ3v) is 2.07. The van der Waals surface area contributed by atoms with Gasteiger partial charge in [0.1, 0.15) is 6.73 Å². The maximum atomic E-state index is 11.2. The molecule has 0 N–H and O–H groups in total. The molecular weight excluding hydrogens is 168 g/mol. The molecule has 70 valence electrons. The lowest BCUT2D eigenvalue weighted by molar-refractivity contribution is 0.0661. The molecule has 1 heterocycles. The van der Waals surface area contributed by atoms with E-state index >= 15 is 0 Å². The zero-order chi connectivity index (χ0) is 9.10. The first-order chi connectivity index (χ1) is 6.36. The van der Waals surface area contributed by atoms with Crippen molar-refractivity contribution >= 4 is 0 Å². The average Bonchev–Trinajstić information content (AvgIpc) is 2.92. The van der Waals surface area contributed by atoms with Crippen LogP contribution in [-0.2, 0) is 11.5 Å². The molecule has 1 fully saturated rings. The van der Waals surface area contributed by atoms with Gasteiger partial charge in [-0.1, -0.05) is 0 Å². The fraction of sp³-hybridized carbons (Fsp3) is 0.556. The van der Waals surface area contributed by atoms with E-state index in [0.717, 1.165) is 12.5 Å². The number of hydrogen-bond donors (Lipinski definition) is 0. The summed E-state index contributed by atoms with van der Waals surface area (Å²) < 4.78 is 6.81. The first-order valence-corrected chi connectivity index (χ1v) is 4.44. The lowest BCUT2D eigenvalue weighted by Crippen LogP contribution is -2.20. The largest absolute Gasteiger partial charge is 0.360 e. The zero-order valence-electron chi connectivity index (χ0n) is 7.35. The van der Waals surface area contributed by atoms with Crippen LogP contribution in [0.15, 0.2) is 23.4 Å². The van der Waals surface area contributed by atoms with Crippen LogP contribution in [0, 0.1) is 5.92 Å². The first kappa shape index (κ1) is 8.44. The van der Waals surface area contributed by atoms with Crippen LogP contribution in [0.1, 0.15) is 12.8 Å². The highest BCUT2D eigenvalue weighted by molar-refractivity contribution is 4.81. The van der Waals surface area contributed by atoms with E-state index in [4.69, 9.17) is 4.74 Å². The van der Waals surface area contributed by atoms with Crippen molar-refractivity contribution in [1.29, 1.82) is 0 Å². The summed E-state index contributed by atoms with van der Waals surface area (Å²) in [7, 11) is 0. The fourth-order valence-corrected chi connectivity index (χ4v) is 1.08. The van der Waals surface area contributed by atoms with Crippen molar-refractivity contribution in [3.63, 3.8) is 0 Å². The van der Waals surface area contributed by atoms with Gasteiger partial charge in [-0.05, 0) is 18.8 Å². The van der Waals surface area contributed by atoms with Crippen LogP contribution in [0.3, 0.4) is 0 Å². The smallest absolute Gasteiger partial charge is 0.255 e. The summed E-state index contributed by atoms with van der Waals surface area (Å²) in [4.78, 5) is 15.0. The number of aromatic nitrogens is 2. The Morgan fingerprint density at radius 2 is 2.46 bits per heavy atom. The number of rotatable bonds is 4. The van der Waals surface area contributed by atoms with Gasteiger partial charge in [0.05, 0.1) is 12.9 Å². The monoisotopic (exact) mass is 180 g/mol. The molecule has 2 rings (SSSR count). The van der Waals surface area contributed by atoms with E-state index in [1.54, 1.807) is 0 Å². The van der Waals surface area contributed by atoms with Crippen molar-refractivity contribution in [2.24, 2.45) is 5.92 Å². The van der Waals surface area contributed by atoms with Crippen LogP contribution in [0.4, 0.5) is 0 Å². The molecule has 1 saturated carbocycles. The summed E-state index contributed by atoms with van der Waals surface area (Å²) in [5.41, 5.74) is -0.0641. The van der Waals surface area contributed by atoms with Gasteiger partial charge in [0.25, 0.3) is 5.56 Å². The minimum absolute atomic E-state index is 0.0641. The van der Waals surface area contributed by atoms with E-state index < -0.39 is 0 Å². The Kier molecular flexibility index (Phi) is 2.40. The third kappa shape index (κ3) is 2.39. The number of ether oxygens (including phenoxy) is 1. The van der Waals surface area contributed by atoms with E-state index in [-0.39, 0.29) is 5.56 Å². The quantitative estimate of drug-likeness (QED) is 0.682. The highest BCUT2D eigenvalue weighted by Gasteiger charge is 2.20. The molecule has 1 aromatic heterocycles. The topological polar surface area (TPSA) is 44.1 Å². The molecule has 0 radical (unpaired) electrons. The van der Waals surface area contributed by atoms with Crippen molar-refractivity contribution in [3.8, 4) is 0 Å². The average molecular weight is 180 g/mol. The van der Waals surface area contributed by atoms with Crippen LogP contribution >= 0.6 is 0 Å². The molecular formula is C9H12N2O2. The predicted octanol–water partition coefficient (Wildman–Crippen LogP) is 0.627. The van der Waals surface area contributed by atoms with Gasteiger partial charge >= 0.3 is 0 Å². The zero-order valence-corrected chi connectivity index (χ0v) is 7.35. The minimum atomic E-state index is -0.0641. The van der Waals surface area contributed by atoms with E-state index in [9.17, 15) is 4.79 Å². The van der Waals surface area contributed by atoms with Gasteiger partial charge in [-0.25, -0.2) is 4.98 Å². The molecule has 0 saturated heterocycles. The maximum Gasteiger partial charge on any atom is 0.255 e. The molecule has 0 amide bonds. The Balaban J connectivity index is 1.85. The van der Waals surface area contributed by atoms with Gasteiger partial charge < -0.3 is 4.74 Å². The standard InChI is InChI=1S/C9H12N2O2/c12-9-3-4-10-6-11(9)7-13-5-8-1-2-8/h3-4,6,8H,1-2,5,7H2. The number of nitrogens with zero attached hydrogens (tertiary/aromatic N) is 2. The van der Waals surface area contributed by atoms with Gasteiger partial charge in [-0.15, -0.1) is 0 Å². The number of hydrogen-bond acceptors (Lipinski definition) is 3. The van der Waals surface area contributed by atoms with Crippen LogP contribution in [0.2, 0.25) is 0 Å². The summed E-state index contributed by atoms with van der Waals surface area (Å²) in [6.07, 6.45) is 5.51. The Hall–Kier alpha value is -1.16. The van der Waals surface area contributed by atoms with Gasteiger partial charge in [-0.2, -0.15) is 0 Å². The van der Waals surface area contributed by atoms with Gasteiger partial charge in [0.15, 0.2) is 0 Å². The molecule has 0 atom stereocenters. The molecule has 4 nitrogen and oxygen atoms in total. The summed E-state index contributed by atoms with van der Waals surface area (Å²) in [5, 5.41) is 0. The molecule has 1 aliphatic carbocycles. The molecule has 13 heavy (non-hydrogen) atoms. The highest BCUT2D eigenvalue weighted by atomic mass is 16.5. The fourth-order valence-electron chi connectivity index (χ4n) is 1.08. The second-order valence-electron chi connectivity index (χ2n) is 3.33. The molecule has 0 aliphatic heterocycles. The predicted molar refractivity (Wildman–Crippen MR) is 47.2 cm³/mol. The second-order valence-corrected chi connectivity index (χ2v) is 3.33. The summed E-state index contributed by atoms with van der Waals surface area (Å²) >= 11 is 0. The Morgan fingerprint density at radius 1 is 1.62 bits per heavy atom. The third-order valence-electron chi connectivity index (χ3n) is 2.07. The highest BCUT2D eigenvalue weighted by Crippen LogP contribution is 2.28. The molecule has 4 heteroatoms. The van der Waals surface area contributed by atoms with Gasteiger partial charge in [0.2, 0.25) is 0 Å². The van der Waals surface area contributed by atoms with Crippen LogP contribution in [-0.4, -0.2) is 16.2 Å².